The van der Waals surface area contributed by atoms with Crippen LogP contribution in [0, 0.1) is 6.92 Å². The van der Waals surface area contributed by atoms with Crippen molar-refractivity contribution in [3.05, 3.63) is 11.7 Å². The largest absolute Gasteiger partial charge is 0.339 e. The van der Waals surface area contributed by atoms with E-state index in [9.17, 15) is 0 Å². The Labute approximate surface area is 78.7 Å². The number of aryl methyl sites for hydroxylation is 1. The predicted molar refractivity (Wildman–Crippen MR) is 50.5 cm³/mol. The molecule has 0 spiro atoms. The third-order valence-corrected chi connectivity index (χ3v) is 1.79. The summed E-state index contributed by atoms with van der Waals surface area (Å²) < 4.78 is 4.97. The highest BCUT2D eigenvalue weighted by molar-refractivity contribution is 4.83. The number of nitrogens with one attached hydrogen (secondary N) is 1. The van der Waals surface area contributed by atoms with Crippen molar-refractivity contribution >= 4 is 0 Å². The molecule has 0 saturated heterocycles. The van der Waals surface area contributed by atoms with E-state index in [1.54, 1.807) is 0 Å². The SMILES string of the molecule is CCCCNCCc1nc(C)no1. The molecule has 0 saturated carbocycles. The monoisotopic (exact) mass is 183 g/mol. The number of rotatable bonds is 6. The Balaban J connectivity index is 2.06. The van der Waals surface area contributed by atoms with Gasteiger partial charge in [0.05, 0.1) is 0 Å². The Kier molecular flexibility index (Phi) is 4.46. The summed E-state index contributed by atoms with van der Waals surface area (Å²) in [5, 5.41) is 7.03. The van der Waals surface area contributed by atoms with Crippen LogP contribution in [0.1, 0.15) is 31.5 Å². The first kappa shape index (κ1) is 10.2. The van der Waals surface area contributed by atoms with Gasteiger partial charge in [0.2, 0.25) is 5.89 Å². The van der Waals surface area contributed by atoms with E-state index in [2.05, 4.69) is 22.4 Å². The van der Waals surface area contributed by atoms with Gasteiger partial charge >= 0.3 is 0 Å². The second-order valence-electron chi connectivity index (χ2n) is 3.09. The van der Waals surface area contributed by atoms with Crippen LogP contribution >= 0.6 is 0 Å². The maximum atomic E-state index is 4.97. The Bertz CT molecular complexity index is 235. The minimum atomic E-state index is 0.712. The van der Waals surface area contributed by atoms with Crippen LogP contribution in [-0.4, -0.2) is 23.2 Å². The molecule has 0 amide bonds. The van der Waals surface area contributed by atoms with Gasteiger partial charge in [-0.15, -0.1) is 0 Å². The van der Waals surface area contributed by atoms with Crippen molar-refractivity contribution < 1.29 is 4.52 Å². The average molecular weight is 183 g/mol. The number of hydrogen-bond acceptors (Lipinski definition) is 4. The fourth-order valence-corrected chi connectivity index (χ4v) is 1.06. The quantitative estimate of drug-likeness (QED) is 0.675. The Morgan fingerprint density at radius 3 is 2.85 bits per heavy atom. The first-order valence-electron chi connectivity index (χ1n) is 4.83. The molecule has 1 aromatic rings. The summed E-state index contributed by atoms with van der Waals surface area (Å²) in [6.07, 6.45) is 3.28. The Morgan fingerprint density at radius 2 is 2.23 bits per heavy atom. The zero-order chi connectivity index (χ0) is 9.52. The summed E-state index contributed by atoms with van der Waals surface area (Å²) >= 11 is 0. The summed E-state index contributed by atoms with van der Waals surface area (Å²) in [6.45, 7) is 6.01. The lowest BCUT2D eigenvalue weighted by atomic mass is 10.3. The van der Waals surface area contributed by atoms with Crippen LogP contribution < -0.4 is 5.32 Å². The van der Waals surface area contributed by atoms with Gasteiger partial charge in [0.1, 0.15) is 0 Å². The molecule has 0 bridgehead atoms. The maximum absolute atomic E-state index is 4.97. The topological polar surface area (TPSA) is 51.0 Å². The summed E-state index contributed by atoms with van der Waals surface area (Å²) in [5.74, 6) is 1.44. The zero-order valence-corrected chi connectivity index (χ0v) is 8.34. The van der Waals surface area contributed by atoms with Crippen molar-refractivity contribution in [1.29, 1.82) is 0 Å². The van der Waals surface area contributed by atoms with Crippen LogP contribution in [0.15, 0.2) is 4.52 Å². The third kappa shape index (κ3) is 4.03. The fraction of sp³-hybridized carbons (Fsp3) is 0.778. The Morgan fingerprint density at radius 1 is 1.38 bits per heavy atom. The van der Waals surface area contributed by atoms with Crippen molar-refractivity contribution in [2.45, 2.75) is 33.1 Å². The van der Waals surface area contributed by atoms with E-state index >= 15 is 0 Å². The van der Waals surface area contributed by atoms with Crippen LogP contribution in [0.2, 0.25) is 0 Å². The van der Waals surface area contributed by atoms with E-state index in [0.29, 0.717) is 5.82 Å². The van der Waals surface area contributed by atoms with Gasteiger partial charge in [-0.25, -0.2) is 0 Å². The molecule has 0 aliphatic rings. The molecule has 1 heterocycles. The van der Waals surface area contributed by atoms with Crippen LogP contribution in [0.25, 0.3) is 0 Å². The van der Waals surface area contributed by atoms with Crippen LogP contribution in [0.5, 0.6) is 0 Å². The van der Waals surface area contributed by atoms with Crippen LogP contribution in [0.4, 0.5) is 0 Å². The second-order valence-corrected chi connectivity index (χ2v) is 3.09. The highest BCUT2D eigenvalue weighted by atomic mass is 16.5. The average Bonchev–Trinajstić information content (AvgIpc) is 2.51. The molecule has 4 nitrogen and oxygen atoms in total. The molecule has 0 fully saturated rings. The third-order valence-electron chi connectivity index (χ3n) is 1.79. The highest BCUT2D eigenvalue weighted by Crippen LogP contribution is 1.95. The second kappa shape index (κ2) is 5.70. The van der Waals surface area contributed by atoms with Gasteiger partial charge in [-0.3, -0.25) is 0 Å². The van der Waals surface area contributed by atoms with Gasteiger partial charge in [-0.05, 0) is 19.9 Å². The number of nitrogens with zero attached hydrogens (tertiary/aromatic N) is 2. The van der Waals surface area contributed by atoms with Crippen LogP contribution in [0.3, 0.4) is 0 Å². The first-order chi connectivity index (χ1) is 6.33. The summed E-state index contributed by atoms with van der Waals surface area (Å²) in [7, 11) is 0. The molecular formula is C9H17N3O. The summed E-state index contributed by atoms with van der Waals surface area (Å²) in [5.41, 5.74) is 0. The lowest BCUT2D eigenvalue weighted by Gasteiger charge is -1.99. The van der Waals surface area contributed by atoms with Crippen molar-refractivity contribution in [2.24, 2.45) is 0 Å². The van der Waals surface area contributed by atoms with Gasteiger partial charge in [0.15, 0.2) is 5.82 Å². The normalized spacial score (nSPS) is 10.6. The molecule has 1 N–H and O–H groups in total. The minimum Gasteiger partial charge on any atom is -0.339 e. The van der Waals surface area contributed by atoms with E-state index in [1.165, 1.54) is 12.8 Å². The standard InChI is InChI=1S/C9H17N3O/c1-3-4-6-10-7-5-9-11-8(2)12-13-9/h10H,3-7H2,1-2H3. The molecule has 13 heavy (non-hydrogen) atoms. The van der Waals surface area contributed by atoms with Gasteiger partial charge < -0.3 is 9.84 Å². The summed E-state index contributed by atoms with van der Waals surface area (Å²) in [6, 6.07) is 0. The molecule has 0 aliphatic heterocycles. The minimum absolute atomic E-state index is 0.712. The maximum Gasteiger partial charge on any atom is 0.227 e. The van der Waals surface area contributed by atoms with Crippen LogP contribution in [-0.2, 0) is 6.42 Å². The molecule has 74 valence electrons. The number of unbranched alkanes of at least 4 members (excludes halogenated alkanes) is 1. The number of aromatic nitrogens is 2. The molecular weight excluding hydrogens is 166 g/mol. The summed E-state index contributed by atoms with van der Waals surface area (Å²) in [4.78, 5) is 4.11. The van der Waals surface area contributed by atoms with E-state index in [-0.39, 0.29) is 0 Å². The van der Waals surface area contributed by atoms with E-state index in [4.69, 9.17) is 4.52 Å². The first-order valence-corrected chi connectivity index (χ1v) is 4.83. The molecule has 4 heteroatoms. The molecule has 0 aromatic carbocycles. The molecule has 0 radical (unpaired) electrons. The molecule has 0 atom stereocenters. The molecule has 0 aliphatic carbocycles. The van der Waals surface area contributed by atoms with E-state index in [0.717, 1.165) is 25.4 Å². The van der Waals surface area contributed by atoms with E-state index in [1.807, 2.05) is 6.92 Å². The molecule has 1 aromatic heterocycles. The van der Waals surface area contributed by atoms with Crippen molar-refractivity contribution in [3.8, 4) is 0 Å². The van der Waals surface area contributed by atoms with Crippen molar-refractivity contribution in [1.82, 2.24) is 15.5 Å². The van der Waals surface area contributed by atoms with Crippen molar-refractivity contribution in [2.75, 3.05) is 13.1 Å². The Hall–Kier alpha value is -0.900. The van der Waals surface area contributed by atoms with E-state index < -0.39 is 0 Å². The highest BCUT2D eigenvalue weighted by Gasteiger charge is 2.00. The fourth-order valence-electron chi connectivity index (χ4n) is 1.06. The molecule has 1 rings (SSSR count). The smallest absolute Gasteiger partial charge is 0.227 e. The molecule has 0 unspecified atom stereocenters. The zero-order valence-electron chi connectivity index (χ0n) is 8.34. The van der Waals surface area contributed by atoms with Gasteiger partial charge in [-0.1, -0.05) is 18.5 Å². The van der Waals surface area contributed by atoms with Gasteiger partial charge in [-0.2, -0.15) is 4.98 Å². The van der Waals surface area contributed by atoms with Gasteiger partial charge in [0, 0.05) is 13.0 Å². The van der Waals surface area contributed by atoms with Crippen molar-refractivity contribution in [3.63, 3.8) is 0 Å². The predicted octanol–water partition coefficient (Wildman–Crippen LogP) is 1.31. The lowest BCUT2D eigenvalue weighted by Crippen LogP contribution is -2.18. The van der Waals surface area contributed by atoms with Gasteiger partial charge in [0.25, 0.3) is 0 Å². The lowest BCUT2D eigenvalue weighted by molar-refractivity contribution is 0.372. The number of hydrogen-bond donors (Lipinski definition) is 1.